The summed E-state index contributed by atoms with van der Waals surface area (Å²) in [6.07, 6.45) is 0.793. The third kappa shape index (κ3) is 9.38. The molecule has 2 aromatic rings. The van der Waals surface area contributed by atoms with E-state index in [9.17, 15) is 29.1 Å². The van der Waals surface area contributed by atoms with Crippen LogP contribution in [-0.2, 0) is 36.8 Å². The molecule has 0 bridgehead atoms. The summed E-state index contributed by atoms with van der Waals surface area (Å²) in [6.45, 7) is 0.235. The average molecular weight is 553 g/mol. The monoisotopic (exact) mass is 552 g/mol. The minimum absolute atomic E-state index is 0.0104. The lowest BCUT2D eigenvalue weighted by molar-refractivity contribution is -0.134. The number of nitrogens with two attached hydrogens (primary N) is 2. The van der Waals surface area contributed by atoms with Gasteiger partial charge in [-0.05, 0) is 48.9 Å². The smallest absolute Gasteiger partial charge is 0.243 e. The van der Waals surface area contributed by atoms with Gasteiger partial charge in [-0.3, -0.25) is 24.0 Å². The van der Waals surface area contributed by atoms with Crippen molar-refractivity contribution in [3.05, 3.63) is 65.7 Å². The summed E-state index contributed by atoms with van der Waals surface area (Å²) in [5.41, 5.74) is 13.0. The highest BCUT2D eigenvalue weighted by Crippen LogP contribution is 2.12. The van der Waals surface area contributed by atoms with Crippen molar-refractivity contribution in [2.75, 3.05) is 6.54 Å². The fourth-order valence-electron chi connectivity index (χ4n) is 4.31. The number of rotatable bonds is 7. The number of phenolic OH excluding ortho intramolecular Hbond substituents is 1. The van der Waals surface area contributed by atoms with Crippen molar-refractivity contribution < 1.29 is 29.1 Å². The second-order valence-corrected chi connectivity index (χ2v) is 9.78. The highest BCUT2D eigenvalue weighted by Gasteiger charge is 2.30. The molecule has 1 aliphatic heterocycles. The Morgan fingerprint density at radius 1 is 0.950 bits per heavy atom. The molecule has 4 atom stereocenters. The van der Waals surface area contributed by atoms with Crippen molar-refractivity contribution in [3.63, 3.8) is 0 Å². The molecule has 0 aromatic heterocycles. The van der Waals surface area contributed by atoms with Gasteiger partial charge < -0.3 is 37.8 Å². The van der Waals surface area contributed by atoms with Gasteiger partial charge in [-0.15, -0.1) is 0 Å². The van der Waals surface area contributed by atoms with E-state index in [4.69, 9.17) is 11.5 Å². The number of carbonyl (C=O) groups excluding carboxylic acids is 5. The second kappa shape index (κ2) is 14.6. The number of hydrogen-bond donors (Lipinski definition) is 7. The lowest BCUT2D eigenvalue weighted by Gasteiger charge is -2.26. The molecule has 3 rings (SSSR count). The van der Waals surface area contributed by atoms with Crippen LogP contribution >= 0.6 is 0 Å². The third-order valence-electron chi connectivity index (χ3n) is 6.59. The van der Waals surface area contributed by atoms with Crippen molar-refractivity contribution in [1.29, 1.82) is 0 Å². The van der Waals surface area contributed by atoms with E-state index in [1.165, 1.54) is 12.1 Å². The van der Waals surface area contributed by atoms with Crippen molar-refractivity contribution in [2.24, 2.45) is 11.5 Å². The summed E-state index contributed by atoms with van der Waals surface area (Å²) in [6, 6.07) is 11.0. The van der Waals surface area contributed by atoms with Gasteiger partial charge >= 0.3 is 0 Å². The maximum Gasteiger partial charge on any atom is 0.243 e. The second-order valence-electron chi connectivity index (χ2n) is 9.78. The fraction of sp³-hybridized carbons (Fsp3) is 0.393. The SMILES string of the molecule is NC(=O)[C@@H]1CCC(=O)NCCC[C@H](NC(=O)[C@@H](N)Cc2ccc(O)cc2)C(=O)N[C@@H](Cc2ccccc2)C(=O)N1. The van der Waals surface area contributed by atoms with Gasteiger partial charge in [-0.2, -0.15) is 0 Å². The van der Waals surface area contributed by atoms with Gasteiger partial charge in [0.25, 0.3) is 0 Å². The Bertz CT molecular complexity index is 1190. The van der Waals surface area contributed by atoms with E-state index in [2.05, 4.69) is 21.3 Å². The Kier molecular flexibility index (Phi) is 11.0. The number of benzene rings is 2. The van der Waals surface area contributed by atoms with E-state index in [0.29, 0.717) is 6.42 Å². The predicted molar refractivity (Wildman–Crippen MR) is 146 cm³/mol. The van der Waals surface area contributed by atoms with Crippen LogP contribution in [0.3, 0.4) is 0 Å². The number of hydrogen-bond acceptors (Lipinski definition) is 7. The number of nitrogens with one attached hydrogen (secondary N) is 4. The summed E-state index contributed by atoms with van der Waals surface area (Å²) >= 11 is 0. The first-order valence-electron chi connectivity index (χ1n) is 13.2. The predicted octanol–water partition coefficient (Wildman–Crippen LogP) is -0.865. The first-order valence-corrected chi connectivity index (χ1v) is 13.2. The van der Waals surface area contributed by atoms with Crippen LogP contribution in [0.15, 0.2) is 54.6 Å². The first kappa shape index (κ1) is 30.1. The molecule has 1 aliphatic rings. The quantitative estimate of drug-likeness (QED) is 0.231. The molecule has 5 amide bonds. The fourth-order valence-corrected chi connectivity index (χ4v) is 4.31. The van der Waals surface area contributed by atoms with Crippen LogP contribution in [0.1, 0.15) is 36.8 Å². The normalized spacial score (nSPS) is 21.6. The summed E-state index contributed by atoms with van der Waals surface area (Å²) < 4.78 is 0. The first-order chi connectivity index (χ1) is 19.1. The Hall–Kier alpha value is -4.45. The molecule has 9 N–H and O–H groups in total. The minimum Gasteiger partial charge on any atom is -0.508 e. The number of aromatic hydroxyl groups is 1. The van der Waals surface area contributed by atoms with Crippen LogP contribution in [0.5, 0.6) is 5.75 Å². The van der Waals surface area contributed by atoms with Gasteiger partial charge in [0.2, 0.25) is 29.5 Å². The summed E-state index contributed by atoms with van der Waals surface area (Å²) in [4.78, 5) is 63.8. The molecule has 0 saturated carbocycles. The number of amides is 5. The van der Waals surface area contributed by atoms with Gasteiger partial charge in [0, 0.05) is 19.4 Å². The van der Waals surface area contributed by atoms with Crippen LogP contribution in [-0.4, -0.2) is 65.4 Å². The van der Waals surface area contributed by atoms with Crippen LogP contribution in [0.2, 0.25) is 0 Å². The molecule has 0 spiro atoms. The van der Waals surface area contributed by atoms with Crippen molar-refractivity contribution >= 4 is 29.5 Å². The van der Waals surface area contributed by atoms with Crippen LogP contribution in [0, 0.1) is 0 Å². The molecule has 214 valence electrons. The molecule has 12 heteroatoms. The molecule has 0 unspecified atom stereocenters. The standard InChI is InChI=1S/C28H36N6O6/c29-20(15-18-8-10-19(35)11-9-18)26(38)33-22-7-4-14-31-24(36)13-12-21(25(30)37)32-28(40)23(34-27(22)39)16-17-5-2-1-3-6-17/h1-3,5-6,8-11,20-23,35H,4,7,12-16,29H2,(H2,30,37)(H,31,36)(H,32,40)(H,33,38)(H,34,39)/t20-,21-,22-,23-/m0/s1. The lowest BCUT2D eigenvalue weighted by atomic mass is 10.0. The summed E-state index contributed by atoms with van der Waals surface area (Å²) in [5.74, 6) is -2.88. The molecule has 40 heavy (non-hydrogen) atoms. The van der Waals surface area contributed by atoms with Crippen molar-refractivity contribution in [3.8, 4) is 5.75 Å². The lowest BCUT2D eigenvalue weighted by Crippen LogP contribution is -2.58. The van der Waals surface area contributed by atoms with Crippen LogP contribution in [0.4, 0.5) is 0 Å². The Morgan fingerprint density at radius 3 is 2.33 bits per heavy atom. The molecular weight excluding hydrogens is 516 g/mol. The van der Waals surface area contributed by atoms with E-state index in [1.54, 1.807) is 36.4 Å². The number of primary amides is 1. The Balaban J connectivity index is 1.79. The molecule has 1 heterocycles. The van der Waals surface area contributed by atoms with Gasteiger partial charge in [-0.25, -0.2) is 0 Å². The van der Waals surface area contributed by atoms with Crippen molar-refractivity contribution in [1.82, 2.24) is 21.3 Å². The van der Waals surface area contributed by atoms with Gasteiger partial charge in [-0.1, -0.05) is 42.5 Å². The topological polar surface area (TPSA) is 206 Å². The Morgan fingerprint density at radius 2 is 1.65 bits per heavy atom. The third-order valence-corrected chi connectivity index (χ3v) is 6.59. The highest BCUT2D eigenvalue weighted by molar-refractivity contribution is 5.95. The van der Waals surface area contributed by atoms with Crippen molar-refractivity contribution in [2.45, 2.75) is 62.7 Å². The summed E-state index contributed by atoms with van der Waals surface area (Å²) in [5, 5.41) is 20.1. The summed E-state index contributed by atoms with van der Waals surface area (Å²) in [7, 11) is 0. The van der Waals surface area contributed by atoms with E-state index in [0.717, 1.165) is 11.1 Å². The van der Waals surface area contributed by atoms with Gasteiger partial charge in [0.1, 0.15) is 23.9 Å². The van der Waals surface area contributed by atoms with Crippen LogP contribution < -0.4 is 32.7 Å². The zero-order valence-corrected chi connectivity index (χ0v) is 22.1. The highest BCUT2D eigenvalue weighted by atomic mass is 16.3. The van der Waals surface area contributed by atoms with E-state index in [1.807, 2.05) is 6.07 Å². The maximum absolute atomic E-state index is 13.4. The number of phenols is 1. The zero-order valence-electron chi connectivity index (χ0n) is 22.1. The van der Waals surface area contributed by atoms with Gasteiger partial charge in [0.15, 0.2) is 0 Å². The molecule has 1 fully saturated rings. The molecule has 1 saturated heterocycles. The van der Waals surface area contributed by atoms with E-state index < -0.39 is 47.8 Å². The van der Waals surface area contributed by atoms with E-state index in [-0.39, 0.29) is 50.3 Å². The largest absolute Gasteiger partial charge is 0.508 e. The van der Waals surface area contributed by atoms with Gasteiger partial charge in [0.05, 0.1) is 6.04 Å². The number of carbonyl (C=O) groups is 5. The molecule has 12 nitrogen and oxygen atoms in total. The molecule has 2 aromatic carbocycles. The minimum atomic E-state index is -1.11. The van der Waals surface area contributed by atoms with Crippen LogP contribution in [0.25, 0.3) is 0 Å². The molecule has 0 radical (unpaired) electrons. The molecule has 0 aliphatic carbocycles. The maximum atomic E-state index is 13.4. The van der Waals surface area contributed by atoms with E-state index >= 15 is 0 Å². The Labute approximate surface area is 232 Å². The zero-order chi connectivity index (χ0) is 29.1. The average Bonchev–Trinajstić information content (AvgIpc) is 2.93. The molecular formula is C28H36N6O6.